The van der Waals surface area contributed by atoms with Crippen molar-refractivity contribution in [2.75, 3.05) is 0 Å². The maximum Gasteiger partial charge on any atom is 0.408 e. The van der Waals surface area contributed by atoms with Crippen LogP contribution in [0.15, 0.2) is 24.3 Å². The fraction of sp³-hybridized carbons (Fsp3) is 0.654. The normalized spacial score (nSPS) is 14.7. The van der Waals surface area contributed by atoms with Crippen LogP contribution < -0.4 is 10.6 Å². The van der Waals surface area contributed by atoms with Gasteiger partial charge in [0, 0.05) is 17.1 Å². The lowest BCUT2D eigenvalue weighted by Crippen LogP contribution is -2.60. The second-order valence-corrected chi connectivity index (χ2v) is 11.0. The van der Waals surface area contributed by atoms with Crippen molar-refractivity contribution in [1.29, 1.82) is 0 Å². The highest BCUT2D eigenvalue weighted by atomic mass is 16.6. The zero-order valence-electron chi connectivity index (χ0n) is 22.4. The van der Waals surface area contributed by atoms with Crippen LogP contribution in [0.2, 0.25) is 0 Å². The summed E-state index contributed by atoms with van der Waals surface area (Å²) in [6.45, 7) is 18.2. The van der Waals surface area contributed by atoms with Crippen molar-refractivity contribution < 1.29 is 24.2 Å². The van der Waals surface area contributed by atoms with Crippen LogP contribution in [0.1, 0.15) is 87.3 Å². The molecule has 0 saturated carbocycles. The predicted octanol–water partition coefficient (Wildman–Crippen LogP) is 4.52. The number of carbonyl (C=O) groups excluding carboxylic acids is 3. The molecule has 0 aliphatic heterocycles. The van der Waals surface area contributed by atoms with Gasteiger partial charge >= 0.3 is 6.09 Å². The molecule has 1 rings (SSSR count). The molecule has 0 fully saturated rings. The number of carbonyl (C=O) groups is 3. The first-order valence-electron chi connectivity index (χ1n) is 11.9. The molecule has 0 aliphatic carbocycles. The average Bonchev–Trinajstić information content (AvgIpc) is 2.67. The van der Waals surface area contributed by atoms with E-state index in [-0.39, 0.29) is 17.7 Å². The van der Waals surface area contributed by atoms with E-state index in [0.717, 1.165) is 0 Å². The van der Waals surface area contributed by atoms with Gasteiger partial charge in [0.1, 0.15) is 23.4 Å². The van der Waals surface area contributed by atoms with Crippen LogP contribution in [-0.2, 0) is 14.3 Å². The van der Waals surface area contributed by atoms with Gasteiger partial charge in [0.15, 0.2) is 0 Å². The Morgan fingerprint density at radius 2 is 1.56 bits per heavy atom. The monoisotopic (exact) mass is 477 g/mol. The fourth-order valence-corrected chi connectivity index (χ4v) is 3.59. The zero-order valence-corrected chi connectivity index (χ0v) is 22.4. The lowest BCUT2D eigenvalue weighted by Gasteiger charge is -2.44. The third-order valence-electron chi connectivity index (χ3n) is 5.28. The number of nitrogens with one attached hydrogen (secondary N) is 2. The third kappa shape index (κ3) is 8.22. The summed E-state index contributed by atoms with van der Waals surface area (Å²) in [5.41, 5.74) is -1.24. The second kappa shape index (κ2) is 11.6. The molecule has 1 aromatic rings. The van der Waals surface area contributed by atoms with Gasteiger partial charge in [0.2, 0.25) is 11.8 Å². The molecule has 3 amide bonds. The molecular weight excluding hydrogens is 434 g/mol. The second-order valence-electron chi connectivity index (χ2n) is 11.0. The number of amides is 3. The van der Waals surface area contributed by atoms with E-state index in [4.69, 9.17) is 4.74 Å². The first-order chi connectivity index (χ1) is 15.5. The van der Waals surface area contributed by atoms with Crippen molar-refractivity contribution in [3.63, 3.8) is 0 Å². The Morgan fingerprint density at radius 1 is 1.00 bits per heavy atom. The van der Waals surface area contributed by atoms with Gasteiger partial charge in [-0.15, -0.1) is 0 Å². The SMILES string of the molecule is CCC(C)C(NC(=O)OC(C)(C)C)C(=O)N(C(C(=O)NC(C)C)c1ccccc1O)C(C)(C)C. The first-order valence-corrected chi connectivity index (χ1v) is 11.9. The number of rotatable bonds is 8. The molecule has 3 N–H and O–H groups in total. The van der Waals surface area contributed by atoms with E-state index in [1.807, 2.05) is 48.5 Å². The molecule has 0 heterocycles. The van der Waals surface area contributed by atoms with Gasteiger partial charge in [-0.2, -0.15) is 0 Å². The van der Waals surface area contributed by atoms with Gasteiger partial charge in [-0.1, -0.05) is 38.5 Å². The van der Waals surface area contributed by atoms with E-state index in [2.05, 4.69) is 10.6 Å². The van der Waals surface area contributed by atoms with Crippen LogP contribution in [0, 0.1) is 5.92 Å². The van der Waals surface area contributed by atoms with Crippen LogP contribution in [-0.4, -0.2) is 51.1 Å². The Bertz CT molecular complexity index is 855. The van der Waals surface area contributed by atoms with Crippen molar-refractivity contribution >= 4 is 17.9 Å². The van der Waals surface area contributed by atoms with Crippen LogP contribution >= 0.6 is 0 Å². The van der Waals surface area contributed by atoms with Gasteiger partial charge in [-0.3, -0.25) is 9.59 Å². The highest BCUT2D eigenvalue weighted by Gasteiger charge is 2.43. The smallest absolute Gasteiger partial charge is 0.408 e. The summed E-state index contributed by atoms with van der Waals surface area (Å²) in [5, 5.41) is 16.2. The van der Waals surface area contributed by atoms with Crippen molar-refractivity contribution in [2.45, 2.75) is 105 Å². The Labute approximate surface area is 204 Å². The quantitative estimate of drug-likeness (QED) is 0.510. The van der Waals surface area contributed by atoms with E-state index in [1.54, 1.807) is 39.0 Å². The Hall–Kier alpha value is -2.77. The largest absolute Gasteiger partial charge is 0.508 e. The lowest BCUT2D eigenvalue weighted by molar-refractivity contribution is -0.149. The molecule has 8 heteroatoms. The number of hydrogen-bond donors (Lipinski definition) is 3. The molecule has 3 atom stereocenters. The minimum atomic E-state index is -1.11. The summed E-state index contributed by atoms with van der Waals surface area (Å²) >= 11 is 0. The minimum Gasteiger partial charge on any atom is -0.508 e. The molecule has 34 heavy (non-hydrogen) atoms. The summed E-state index contributed by atoms with van der Waals surface area (Å²) in [7, 11) is 0. The third-order valence-corrected chi connectivity index (χ3v) is 5.28. The molecule has 0 radical (unpaired) electrons. The minimum absolute atomic E-state index is 0.0892. The predicted molar refractivity (Wildman–Crippen MR) is 133 cm³/mol. The maximum atomic E-state index is 14.1. The number of nitrogens with zero attached hydrogens (tertiary/aromatic N) is 1. The standard InChI is InChI=1S/C26H43N3O5/c1-11-17(4)20(28-24(33)34-26(8,9)10)23(32)29(25(5,6)7)21(22(31)27-16(2)3)18-14-12-13-15-19(18)30/h12-17,20-21,30H,11H2,1-10H3,(H,27,31)(H,28,33). The van der Waals surface area contributed by atoms with E-state index in [9.17, 15) is 19.5 Å². The molecule has 3 unspecified atom stereocenters. The van der Waals surface area contributed by atoms with Crippen molar-refractivity contribution in [3.8, 4) is 5.75 Å². The van der Waals surface area contributed by atoms with E-state index >= 15 is 0 Å². The number of phenolic OH excluding ortho intramolecular Hbond substituents is 1. The van der Waals surface area contributed by atoms with Crippen LogP contribution in [0.4, 0.5) is 4.79 Å². The van der Waals surface area contributed by atoms with E-state index in [1.165, 1.54) is 11.0 Å². The maximum absolute atomic E-state index is 14.1. The van der Waals surface area contributed by atoms with Crippen LogP contribution in [0.3, 0.4) is 0 Å². The van der Waals surface area contributed by atoms with Crippen LogP contribution in [0.5, 0.6) is 5.75 Å². The van der Waals surface area contributed by atoms with Gasteiger partial charge in [0.25, 0.3) is 0 Å². The van der Waals surface area contributed by atoms with Crippen molar-refractivity contribution in [3.05, 3.63) is 29.8 Å². The molecule has 0 bridgehead atoms. The van der Waals surface area contributed by atoms with E-state index < -0.39 is 41.1 Å². The number of aromatic hydroxyl groups is 1. The fourth-order valence-electron chi connectivity index (χ4n) is 3.59. The van der Waals surface area contributed by atoms with Crippen LogP contribution in [0.25, 0.3) is 0 Å². The molecule has 1 aromatic carbocycles. The number of alkyl carbamates (subject to hydrolysis) is 1. The first kappa shape index (κ1) is 29.3. The Balaban J connectivity index is 3.61. The van der Waals surface area contributed by atoms with Gasteiger partial charge < -0.3 is 25.4 Å². The molecule has 0 spiro atoms. The lowest BCUT2D eigenvalue weighted by atomic mass is 9.91. The summed E-state index contributed by atoms with van der Waals surface area (Å²) < 4.78 is 5.40. The number of hydrogen-bond acceptors (Lipinski definition) is 5. The van der Waals surface area contributed by atoms with Gasteiger partial charge in [-0.05, 0) is 67.4 Å². The number of phenols is 1. The van der Waals surface area contributed by atoms with Gasteiger partial charge in [-0.25, -0.2) is 4.79 Å². The average molecular weight is 478 g/mol. The highest BCUT2D eigenvalue weighted by molar-refractivity contribution is 5.93. The Morgan fingerprint density at radius 3 is 2.00 bits per heavy atom. The van der Waals surface area contributed by atoms with E-state index in [0.29, 0.717) is 12.0 Å². The van der Waals surface area contributed by atoms with Gasteiger partial charge in [0.05, 0.1) is 0 Å². The molecule has 192 valence electrons. The Kier molecular flexibility index (Phi) is 9.97. The molecule has 0 aromatic heterocycles. The molecule has 8 nitrogen and oxygen atoms in total. The zero-order chi connectivity index (χ0) is 26.4. The molecular formula is C26H43N3O5. The molecule has 0 aliphatic rings. The number of ether oxygens (including phenoxy) is 1. The number of para-hydroxylation sites is 1. The number of benzene rings is 1. The van der Waals surface area contributed by atoms with Crippen molar-refractivity contribution in [2.24, 2.45) is 5.92 Å². The summed E-state index contributed by atoms with van der Waals surface area (Å²) in [5.74, 6) is -1.17. The summed E-state index contributed by atoms with van der Waals surface area (Å²) in [6.07, 6.45) is -0.0883. The summed E-state index contributed by atoms with van der Waals surface area (Å²) in [6, 6.07) is 4.27. The summed E-state index contributed by atoms with van der Waals surface area (Å²) in [4.78, 5) is 41.6. The topological polar surface area (TPSA) is 108 Å². The highest BCUT2D eigenvalue weighted by Crippen LogP contribution is 2.35. The molecule has 0 saturated heterocycles. The van der Waals surface area contributed by atoms with Crippen molar-refractivity contribution in [1.82, 2.24) is 15.5 Å².